The fourth-order valence-electron chi connectivity index (χ4n) is 1.61. The molecule has 1 heterocycles. The van der Waals surface area contributed by atoms with E-state index in [1.165, 1.54) is 0 Å². The van der Waals surface area contributed by atoms with Crippen molar-refractivity contribution in [2.24, 2.45) is 0 Å². The minimum Gasteiger partial charge on any atom is -0.477 e. The predicted octanol–water partition coefficient (Wildman–Crippen LogP) is 1.29. The minimum atomic E-state index is -1.39. The van der Waals surface area contributed by atoms with Crippen LogP contribution >= 0.6 is 15.9 Å². The van der Waals surface area contributed by atoms with Crippen molar-refractivity contribution in [3.05, 3.63) is 60.8 Å². The molecule has 98 valence electrons. The summed E-state index contributed by atoms with van der Waals surface area (Å²) in [6, 6.07) is 5.22. The van der Waals surface area contributed by atoms with Gasteiger partial charge in [-0.2, -0.15) is 0 Å². The number of H-pyrrole nitrogens is 1. The number of rotatable bonds is 2. The molecule has 0 fully saturated rings. The number of hydrogen-bond acceptors (Lipinski definition) is 3. The third-order valence-corrected chi connectivity index (χ3v) is 3.17. The summed E-state index contributed by atoms with van der Waals surface area (Å²) in [6.45, 7) is 1.88. The van der Waals surface area contributed by atoms with Crippen LogP contribution in [0.4, 0.5) is 0 Å². The third kappa shape index (κ3) is 2.50. The molecule has 0 atom stereocenters. The van der Waals surface area contributed by atoms with Gasteiger partial charge < -0.3 is 5.11 Å². The Hall–Kier alpha value is -2.15. The Balaban J connectivity index is 2.75. The zero-order chi connectivity index (χ0) is 14.2. The molecule has 0 saturated carbocycles. The lowest BCUT2D eigenvalue weighted by molar-refractivity contribution is 0.0694. The van der Waals surface area contributed by atoms with Crippen LogP contribution in [0, 0.1) is 6.92 Å². The summed E-state index contributed by atoms with van der Waals surface area (Å²) < 4.78 is 1.70. The summed E-state index contributed by atoms with van der Waals surface area (Å²) in [6.07, 6.45) is 1.01. The van der Waals surface area contributed by atoms with Gasteiger partial charge in [0, 0.05) is 10.7 Å². The van der Waals surface area contributed by atoms with Gasteiger partial charge in [-0.3, -0.25) is 14.3 Å². The number of nitrogens with one attached hydrogen (secondary N) is 1. The highest BCUT2D eigenvalue weighted by atomic mass is 79.9. The average molecular weight is 325 g/mol. The Bertz CT molecular complexity index is 776. The largest absolute Gasteiger partial charge is 0.477 e. The summed E-state index contributed by atoms with van der Waals surface area (Å²) in [7, 11) is 0. The molecule has 0 aliphatic carbocycles. The van der Waals surface area contributed by atoms with Gasteiger partial charge >= 0.3 is 11.7 Å². The molecule has 0 bridgehead atoms. The van der Waals surface area contributed by atoms with Crippen LogP contribution in [0.15, 0.2) is 38.5 Å². The molecule has 0 amide bonds. The molecular weight excluding hydrogens is 316 g/mol. The van der Waals surface area contributed by atoms with Gasteiger partial charge in [0.25, 0.3) is 5.56 Å². The van der Waals surface area contributed by atoms with Gasteiger partial charge in [-0.1, -0.05) is 6.07 Å². The quantitative estimate of drug-likeness (QED) is 0.870. The molecule has 0 aliphatic rings. The summed E-state index contributed by atoms with van der Waals surface area (Å²) in [5.41, 5.74) is -0.676. The molecule has 2 N–H and O–H groups in total. The highest BCUT2D eigenvalue weighted by Gasteiger charge is 2.13. The molecule has 6 nitrogen and oxygen atoms in total. The highest BCUT2D eigenvalue weighted by Crippen LogP contribution is 2.20. The molecule has 0 aliphatic heterocycles. The van der Waals surface area contributed by atoms with Gasteiger partial charge in [0.15, 0.2) is 0 Å². The zero-order valence-electron chi connectivity index (χ0n) is 9.81. The first-order chi connectivity index (χ1) is 8.90. The van der Waals surface area contributed by atoms with E-state index in [0.29, 0.717) is 10.2 Å². The van der Waals surface area contributed by atoms with Gasteiger partial charge in [-0.05, 0) is 40.5 Å². The molecular formula is C12H9BrN2O4. The summed E-state index contributed by atoms with van der Waals surface area (Å²) in [5.74, 6) is -1.39. The average Bonchev–Trinajstić information content (AvgIpc) is 2.30. The molecule has 0 unspecified atom stereocenters. The first kappa shape index (κ1) is 13.3. The van der Waals surface area contributed by atoms with Crippen LogP contribution in [0.3, 0.4) is 0 Å². The van der Waals surface area contributed by atoms with Crippen molar-refractivity contribution in [3.8, 4) is 5.69 Å². The van der Waals surface area contributed by atoms with Crippen LogP contribution in [-0.4, -0.2) is 20.6 Å². The van der Waals surface area contributed by atoms with Gasteiger partial charge in [0.1, 0.15) is 5.56 Å². The second-order valence-corrected chi connectivity index (χ2v) is 4.79. The van der Waals surface area contributed by atoms with E-state index in [1.807, 2.05) is 11.9 Å². The van der Waals surface area contributed by atoms with Crippen molar-refractivity contribution in [2.75, 3.05) is 0 Å². The first-order valence-corrected chi connectivity index (χ1v) is 6.05. The zero-order valence-corrected chi connectivity index (χ0v) is 11.4. The number of benzene rings is 1. The van der Waals surface area contributed by atoms with E-state index in [2.05, 4.69) is 15.9 Å². The lowest BCUT2D eigenvalue weighted by Gasteiger charge is -2.08. The number of aromatic nitrogens is 2. The van der Waals surface area contributed by atoms with Crippen molar-refractivity contribution in [1.29, 1.82) is 0 Å². The molecule has 0 saturated heterocycles. The molecule has 7 heteroatoms. The molecule has 0 spiro atoms. The highest BCUT2D eigenvalue weighted by molar-refractivity contribution is 9.10. The predicted molar refractivity (Wildman–Crippen MR) is 72.1 cm³/mol. The van der Waals surface area contributed by atoms with Crippen LogP contribution in [0.5, 0.6) is 0 Å². The maximum Gasteiger partial charge on any atom is 0.342 e. The molecule has 1 aromatic heterocycles. The fourth-order valence-corrected chi connectivity index (χ4v) is 2.29. The van der Waals surface area contributed by atoms with Crippen molar-refractivity contribution in [1.82, 2.24) is 9.55 Å². The monoisotopic (exact) mass is 324 g/mol. The second-order valence-electron chi connectivity index (χ2n) is 3.93. The second kappa shape index (κ2) is 4.85. The van der Waals surface area contributed by atoms with Gasteiger partial charge in [-0.15, -0.1) is 0 Å². The number of nitrogens with zero attached hydrogens (tertiary/aromatic N) is 1. The number of carboxylic acids is 1. The Morgan fingerprint density at radius 3 is 2.63 bits per heavy atom. The van der Waals surface area contributed by atoms with Gasteiger partial charge in [0.2, 0.25) is 0 Å². The van der Waals surface area contributed by atoms with E-state index in [4.69, 9.17) is 5.11 Å². The molecule has 1 aromatic carbocycles. The van der Waals surface area contributed by atoms with E-state index in [-0.39, 0.29) is 0 Å². The standard InChI is InChI=1S/C12H9BrN2O4/c1-6-2-3-9(8(13)4-6)15-5-7(11(17)18)10(16)14-12(15)19/h2-5H,1H3,(H,17,18)(H,14,16,19). The number of hydrogen-bond donors (Lipinski definition) is 2. The maximum absolute atomic E-state index is 11.7. The molecule has 2 aromatic rings. The third-order valence-electron chi connectivity index (χ3n) is 2.54. The van der Waals surface area contributed by atoms with Crippen molar-refractivity contribution in [2.45, 2.75) is 6.92 Å². The summed E-state index contributed by atoms with van der Waals surface area (Å²) in [4.78, 5) is 36.0. The lowest BCUT2D eigenvalue weighted by Crippen LogP contribution is -2.32. The van der Waals surface area contributed by atoms with Crippen molar-refractivity contribution < 1.29 is 9.90 Å². The number of aromatic amines is 1. The van der Waals surface area contributed by atoms with E-state index in [1.54, 1.807) is 18.2 Å². The number of carboxylic acid groups (broad SMARTS) is 1. The van der Waals surface area contributed by atoms with E-state index < -0.39 is 22.8 Å². The van der Waals surface area contributed by atoms with Gasteiger partial charge in [-0.25, -0.2) is 9.59 Å². The maximum atomic E-state index is 11.7. The number of aryl methyl sites for hydroxylation is 1. The Morgan fingerprint density at radius 1 is 1.37 bits per heavy atom. The minimum absolute atomic E-state index is 0.453. The summed E-state index contributed by atoms with van der Waals surface area (Å²) in [5, 5.41) is 8.89. The van der Waals surface area contributed by atoms with E-state index in [9.17, 15) is 14.4 Å². The fraction of sp³-hybridized carbons (Fsp3) is 0.0833. The van der Waals surface area contributed by atoms with Crippen LogP contribution in [0.1, 0.15) is 15.9 Å². The van der Waals surface area contributed by atoms with E-state index in [0.717, 1.165) is 16.3 Å². The molecule has 2 rings (SSSR count). The van der Waals surface area contributed by atoms with Crippen molar-refractivity contribution >= 4 is 21.9 Å². The molecule has 19 heavy (non-hydrogen) atoms. The number of carbonyl (C=O) groups is 1. The number of halogens is 1. The van der Waals surface area contributed by atoms with Crippen LogP contribution in [0.2, 0.25) is 0 Å². The Morgan fingerprint density at radius 2 is 2.05 bits per heavy atom. The summed E-state index contributed by atoms with van der Waals surface area (Å²) >= 11 is 3.30. The van der Waals surface area contributed by atoms with Crippen LogP contribution in [0.25, 0.3) is 5.69 Å². The number of aromatic carboxylic acids is 1. The lowest BCUT2D eigenvalue weighted by atomic mass is 10.2. The van der Waals surface area contributed by atoms with Gasteiger partial charge in [0.05, 0.1) is 5.69 Å². The normalized spacial score (nSPS) is 10.4. The topological polar surface area (TPSA) is 92.2 Å². The first-order valence-electron chi connectivity index (χ1n) is 5.26. The van der Waals surface area contributed by atoms with Crippen molar-refractivity contribution in [3.63, 3.8) is 0 Å². The molecule has 0 radical (unpaired) electrons. The smallest absolute Gasteiger partial charge is 0.342 e. The Kier molecular flexibility index (Phi) is 3.39. The van der Waals surface area contributed by atoms with E-state index >= 15 is 0 Å². The SMILES string of the molecule is Cc1ccc(-n2cc(C(=O)O)c(=O)[nH]c2=O)c(Br)c1. The Labute approximate surface area is 115 Å². The van der Waals surface area contributed by atoms with Crippen LogP contribution in [-0.2, 0) is 0 Å². The van der Waals surface area contributed by atoms with Crippen LogP contribution < -0.4 is 11.2 Å².